The lowest BCUT2D eigenvalue weighted by Gasteiger charge is -2.34. The Labute approximate surface area is 125 Å². The van der Waals surface area contributed by atoms with E-state index in [4.69, 9.17) is 4.74 Å². The van der Waals surface area contributed by atoms with Gasteiger partial charge in [0.15, 0.2) is 5.78 Å². The van der Waals surface area contributed by atoms with E-state index in [0.29, 0.717) is 17.9 Å². The van der Waals surface area contributed by atoms with E-state index in [1.165, 1.54) is 0 Å². The number of piperazine rings is 1. The Kier molecular flexibility index (Phi) is 5.33. The standard InChI is InChI=1S/C16H22N2O3/c1-13(19)15-5-3-4-6-16(15)21-12-11-17-7-9-18(10-8-17)14(2)20/h3-6H,7-12H2,1-2H3. The van der Waals surface area contributed by atoms with Gasteiger partial charge in [0.2, 0.25) is 5.91 Å². The number of nitrogens with zero attached hydrogens (tertiary/aromatic N) is 2. The van der Waals surface area contributed by atoms with Crippen molar-refractivity contribution in [1.29, 1.82) is 0 Å². The summed E-state index contributed by atoms with van der Waals surface area (Å²) in [4.78, 5) is 26.9. The molecule has 0 bridgehead atoms. The second kappa shape index (κ2) is 7.22. The summed E-state index contributed by atoms with van der Waals surface area (Å²) in [6, 6.07) is 7.31. The third-order valence-corrected chi connectivity index (χ3v) is 3.75. The summed E-state index contributed by atoms with van der Waals surface area (Å²) < 4.78 is 5.73. The topological polar surface area (TPSA) is 49.9 Å². The van der Waals surface area contributed by atoms with Gasteiger partial charge >= 0.3 is 0 Å². The Bertz CT molecular complexity index is 508. The molecule has 1 aromatic carbocycles. The fourth-order valence-corrected chi connectivity index (χ4v) is 2.45. The van der Waals surface area contributed by atoms with Crippen LogP contribution in [-0.2, 0) is 4.79 Å². The highest BCUT2D eigenvalue weighted by atomic mass is 16.5. The lowest BCUT2D eigenvalue weighted by atomic mass is 10.1. The lowest BCUT2D eigenvalue weighted by molar-refractivity contribution is -0.130. The number of hydrogen-bond donors (Lipinski definition) is 0. The molecule has 1 aliphatic heterocycles. The van der Waals surface area contributed by atoms with Crippen LogP contribution < -0.4 is 4.74 Å². The van der Waals surface area contributed by atoms with Crippen LogP contribution in [0.1, 0.15) is 24.2 Å². The smallest absolute Gasteiger partial charge is 0.219 e. The molecule has 1 aromatic rings. The van der Waals surface area contributed by atoms with Crippen LogP contribution in [-0.4, -0.2) is 60.8 Å². The van der Waals surface area contributed by atoms with Gasteiger partial charge < -0.3 is 9.64 Å². The molecule has 21 heavy (non-hydrogen) atoms. The van der Waals surface area contributed by atoms with Gasteiger partial charge in [-0.25, -0.2) is 0 Å². The van der Waals surface area contributed by atoms with Crippen LogP contribution in [0.5, 0.6) is 5.75 Å². The number of ether oxygens (including phenoxy) is 1. The second-order valence-electron chi connectivity index (χ2n) is 5.25. The van der Waals surface area contributed by atoms with Gasteiger partial charge in [0.05, 0.1) is 5.56 Å². The van der Waals surface area contributed by atoms with Crippen molar-refractivity contribution in [3.63, 3.8) is 0 Å². The molecule has 0 radical (unpaired) electrons. The number of Topliss-reactive ketones (excluding diaryl/α,β-unsaturated/α-hetero) is 1. The monoisotopic (exact) mass is 290 g/mol. The van der Waals surface area contributed by atoms with Crippen LogP contribution in [0.25, 0.3) is 0 Å². The van der Waals surface area contributed by atoms with Gasteiger partial charge in [-0.3, -0.25) is 14.5 Å². The highest BCUT2D eigenvalue weighted by Crippen LogP contribution is 2.18. The van der Waals surface area contributed by atoms with Crippen molar-refractivity contribution in [1.82, 2.24) is 9.80 Å². The third-order valence-electron chi connectivity index (χ3n) is 3.75. The fourth-order valence-electron chi connectivity index (χ4n) is 2.45. The van der Waals surface area contributed by atoms with Crippen LogP contribution in [0, 0.1) is 0 Å². The van der Waals surface area contributed by atoms with Gasteiger partial charge in [0.1, 0.15) is 12.4 Å². The normalized spacial score (nSPS) is 15.8. The van der Waals surface area contributed by atoms with E-state index in [-0.39, 0.29) is 11.7 Å². The predicted octanol–water partition coefficient (Wildman–Crippen LogP) is 1.43. The zero-order valence-corrected chi connectivity index (χ0v) is 12.7. The molecule has 0 saturated carbocycles. The molecule has 5 nitrogen and oxygen atoms in total. The quantitative estimate of drug-likeness (QED) is 0.770. The molecule has 1 aliphatic rings. The molecule has 1 fully saturated rings. The molecule has 0 N–H and O–H groups in total. The molecule has 0 unspecified atom stereocenters. The molecule has 0 aliphatic carbocycles. The summed E-state index contributed by atoms with van der Waals surface area (Å²) in [5.41, 5.74) is 0.624. The minimum absolute atomic E-state index is 0.0145. The molecule has 1 amide bonds. The maximum absolute atomic E-state index is 11.5. The summed E-state index contributed by atoms with van der Waals surface area (Å²) in [6.45, 7) is 7.80. The minimum atomic E-state index is 0.0145. The van der Waals surface area contributed by atoms with Gasteiger partial charge in [0.25, 0.3) is 0 Å². The predicted molar refractivity (Wildman–Crippen MR) is 80.6 cm³/mol. The van der Waals surface area contributed by atoms with E-state index in [1.54, 1.807) is 19.9 Å². The summed E-state index contributed by atoms with van der Waals surface area (Å²) in [7, 11) is 0. The van der Waals surface area contributed by atoms with Gasteiger partial charge in [-0.2, -0.15) is 0 Å². The first-order valence-corrected chi connectivity index (χ1v) is 7.28. The van der Waals surface area contributed by atoms with Crippen LogP contribution in [0.4, 0.5) is 0 Å². The van der Waals surface area contributed by atoms with Crippen molar-refractivity contribution in [2.24, 2.45) is 0 Å². The molecular weight excluding hydrogens is 268 g/mol. The van der Waals surface area contributed by atoms with Crippen molar-refractivity contribution in [2.45, 2.75) is 13.8 Å². The third kappa shape index (κ3) is 4.29. The molecule has 1 heterocycles. The van der Waals surface area contributed by atoms with Crippen LogP contribution in [0.2, 0.25) is 0 Å². The first kappa shape index (κ1) is 15.5. The zero-order valence-electron chi connectivity index (χ0n) is 12.7. The lowest BCUT2D eigenvalue weighted by Crippen LogP contribution is -2.48. The van der Waals surface area contributed by atoms with Gasteiger partial charge in [-0.05, 0) is 19.1 Å². The summed E-state index contributed by atoms with van der Waals surface area (Å²) in [5.74, 6) is 0.800. The van der Waals surface area contributed by atoms with Gasteiger partial charge in [-0.1, -0.05) is 12.1 Å². The number of benzene rings is 1. The molecule has 0 spiro atoms. The van der Waals surface area contributed by atoms with Crippen molar-refractivity contribution in [3.8, 4) is 5.75 Å². The Morgan fingerprint density at radius 2 is 1.76 bits per heavy atom. The first-order valence-electron chi connectivity index (χ1n) is 7.28. The van der Waals surface area contributed by atoms with E-state index in [2.05, 4.69) is 4.90 Å². The summed E-state index contributed by atoms with van der Waals surface area (Å²) >= 11 is 0. The number of ketones is 1. The average Bonchev–Trinajstić information content (AvgIpc) is 2.48. The molecule has 1 saturated heterocycles. The largest absolute Gasteiger partial charge is 0.491 e. The van der Waals surface area contributed by atoms with E-state index >= 15 is 0 Å². The van der Waals surface area contributed by atoms with Crippen molar-refractivity contribution >= 4 is 11.7 Å². The zero-order chi connectivity index (χ0) is 15.2. The Balaban J connectivity index is 1.78. The molecule has 5 heteroatoms. The van der Waals surface area contributed by atoms with Crippen molar-refractivity contribution in [3.05, 3.63) is 29.8 Å². The number of rotatable bonds is 5. The molecule has 0 aromatic heterocycles. The minimum Gasteiger partial charge on any atom is -0.491 e. The Hall–Kier alpha value is -1.88. The molecular formula is C16H22N2O3. The Morgan fingerprint density at radius 1 is 1.10 bits per heavy atom. The van der Waals surface area contributed by atoms with Crippen LogP contribution in [0.15, 0.2) is 24.3 Å². The number of hydrogen-bond acceptors (Lipinski definition) is 4. The summed E-state index contributed by atoms with van der Waals surface area (Å²) in [6.07, 6.45) is 0. The van der Waals surface area contributed by atoms with Crippen molar-refractivity contribution < 1.29 is 14.3 Å². The molecule has 0 atom stereocenters. The van der Waals surface area contributed by atoms with Gasteiger partial charge in [-0.15, -0.1) is 0 Å². The van der Waals surface area contributed by atoms with Crippen LogP contribution in [0.3, 0.4) is 0 Å². The second-order valence-corrected chi connectivity index (χ2v) is 5.25. The fraction of sp³-hybridized carbons (Fsp3) is 0.500. The van der Waals surface area contributed by atoms with E-state index in [9.17, 15) is 9.59 Å². The SMILES string of the molecule is CC(=O)c1ccccc1OCCN1CCN(C(C)=O)CC1. The number of para-hydroxylation sites is 1. The average molecular weight is 290 g/mol. The molecule has 114 valence electrons. The maximum Gasteiger partial charge on any atom is 0.219 e. The van der Waals surface area contributed by atoms with Crippen molar-refractivity contribution in [2.75, 3.05) is 39.3 Å². The number of carbonyl (C=O) groups excluding carboxylic acids is 2. The highest BCUT2D eigenvalue weighted by Gasteiger charge is 2.18. The van der Waals surface area contributed by atoms with Gasteiger partial charge in [0, 0.05) is 39.6 Å². The van der Waals surface area contributed by atoms with Crippen LogP contribution >= 0.6 is 0 Å². The Morgan fingerprint density at radius 3 is 2.38 bits per heavy atom. The highest BCUT2D eigenvalue weighted by molar-refractivity contribution is 5.96. The van der Waals surface area contributed by atoms with E-state index in [1.807, 2.05) is 23.1 Å². The van der Waals surface area contributed by atoms with E-state index in [0.717, 1.165) is 32.7 Å². The molecule has 2 rings (SSSR count). The number of carbonyl (C=O) groups is 2. The maximum atomic E-state index is 11.5. The van der Waals surface area contributed by atoms with E-state index < -0.39 is 0 Å². The summed E-state index contributed by atoms with van der Waals surface area (Å²) in [5, 5.41) is 0. The number of amides is 1. The first-order chi connectivity index (χ1) is 10.1.